The van der Waals surface area contributed by atoms with Crippen molar-refractivity contribution in [3.63, 3.8) is 0 Å². The first-order chi connectivity index (χ1) is 11.3. The molecule has 0 aromatic carbocycles. The average molecular weight is 422 g/mol. The molecule has 0 spiro atoms. The number of carbonyl (C=O) groups is 4. The first-order valence-electron chi connectivity index (χ1n) is 7.99. The van der Waals surface area contributed by atoms with E-state index < -0.39 is 0 Å². The van der Waals surface area contributed by atoms with Crippen LogP contribution in [0.2, 0.25) is 0 Å². The second kappa shape index (κ2) is 19.2. The van der Waals surface area contributed by atoms with Gasteiger partial charge < -0.3 is 0 Å². The molecule has 0 saturated carbocycles. The molecule has 0 N–H and O–H groups in total. The summed E-state index contributed by atoms with van der Waals surface area (Å²) >= 11 is 20.4. The van der Waals surface area contributed by atoms with E-state index in [1.165, 1.54) is 0 Å². The van der Waals surface area contributed by atoms with Gasteiger partial charge in [0, 0.05) is 25.7 Å². The van der Waals surface area contributed by atoms with Crippen molar-refractivity contribution >= 4 is 67.4 Å². The molecule has 0 fully saturated rings. The molecule has 24 heavy (non-hydrogen) atoms. The van der Waals surface area contributed by atoms with Gasteiger partial charge in [0.2, 0.25) is 21.0 Å². The quantitative estimate of drug-likeness (QED) is 0.266. The molecule has 0 saturated heterocycles. The van der Waals surface area contributed by atoms with Crippen LogP contribution in [-0.2, 0) is 19.2 Å². The van der Waals surface area contributed by atoms with Gasteiger partial charge in [0.05, 0.1) is 0 Å². The molecule has 0 rings (SSSR count). The van der Waals surface area contributed by atoms with Gasteiger partial charge in [-0.15, -0.1) is 0 Å². The van der Waals surface area contributed by atoms with E-state index in [0.29, 0.717) is 38.5 Å². The number of rotatable bonds is 14. The van der Waals surface area contributed by atoms with Crippen LogP contribution in [0.5, 0.6) is 0 Å². The third-order valence-electron chi connectivity index (χ3n) is 2.99. The first kappa shape index (κ1) is 26.1. The van der Waals surface area contributed by atoms with E-state index in [-0.39, 0.29) is 21.0 Å². The number of hydrogen-bond acceptors (Lipinski definition) is 4. The van der Waals surface area contributed by atoms with Gasteiger partial charge in [-0.1, -0.05) is 25.7 Å². The molecule has 0 amide bonds. The lowest BCUT2D eigenvalue weighted by Gasteiger charge is -1.98. The van der Waals surface area contributed by atoms with Crippen LogP contribution >= 0.6 is 46.4 Å². The minimum absolute atomic E-state index is 0.252. The summed E-state index contributed by atoms with van der Waals surface area (Å²) in [6.07, 6.45) is 8.89. The van der Waals surface area contributed by atoms with Gasteiger partial charge >= 0.3 is 0 Å². The van der Waals surface area contributed by atoms with Crippen molar-refractivity contribution in [2.75, 3.05) is 0 Å². The maximum absolute atomic E-state index is 10.4. The average Bonchev–Trinajstić information content (AvgIpc) is 2.46. The normalized spacial score (nSPS) is 9.83. The van der Waals surface area contributed by atoms with Crippen molar-refractivity contribution in [1.29, 1.82) is 0 Å². The zero-order chi connectivity index (χ0) is 18.8. The zero-order valence-corrected chi connectivity index (χ0v) is 16.7. The predicted molar refractivity (Wildman–Crippen MR) is 98.8 cm³/mol. The predicted octanol–water partition coefficient (Wildman–Crippen LogP) is 5.72. The summed E-state index contributed by atoms with van der Waals surface area (Å²) in [5.74, 6) is 0. The van der Waals surface area contributed by atoms with Crippen LogP contribution in [0.25, 0.3) is 0 Å². The Balaban J connectivity index is 0. The van der Waals surface area contributed by atoms with Crippen LogP contribution < -0.4 is 0 Å². The molecule has 0 radical (unpaired) electrons. The molecule has 0 aromatic rings. The fraction of sp³-hybridized carbons (Fsp3) is 0.750. The van der Waals surface area contributed by atoms with E-state index in [2.05, 4.69) is 0 Å². The van der Waals surface area contributed by atoms with Crippen LogP contribution in [0.15, 0.2) is 0 Å². The summed E-state index contributed by atoms with van der Waals surface area (Å²) in [5.41, 5.74) is 0. The fourth-order valence-corrected chi connectivity index (χ4v) is 2.30. The first-order valence-corrected chi connectivity index (χ1v) is 9.50. The van der Waals surface area contributed by atoms with E-state index in [1.807, 2.05) is 0 Å². The van der Waals surface area contributed by atoms with Crippen LogP contribution in [0.3, 0.4) is 0 Å². The maximum atomic E-state index is 10.4. The molecule has 0 bridgehead atoms. The van der Waals surface area contributed by atoms with Gasteiger partial charge in [-0.2, -0.15) is 0 Å². The second-order valence-corrected chi connectivity index (χ2v) is 6.94. The fourth-order valence-electron chi connectivity index (χ4n) is 1.76. The minimum Gasteiger partial charge on any atom is -0.281 e. The van der Waals surface area contributed by atoms with Crippen molar-refractivity contribution < 1.29 is 19.2 Å². The Morgan fingerprint density at radius 3 is 0.750 bits per heavy atom. The number of carbonyl (C=O) groups excluding carboxylic acids is 4. The summed E-state index contributed by atoms with van der Waals surface area (Å²) < 4.78 is 0. The third kappa shape index (κ3) is 29.8. The second-order valence-electron chi connectivity index (χ2n) is 5.25. The van der Waals surface area contributed by atoms with Crippen LogP contribution in [-0.4, -0.2) is 21.0 Å². The van der Waals surface area contributed by atoms with Crippen molar-refractivity contribution in [1.82, 2.24) is 0 Å². The summed E-state index contributed by atoms with van der Waals surface area (Å²) in [4.78, 5) is 41.0. The van der Waals surface area contributed by atoms with Crippen molar-refractivity contribution in [2.24, 2.45) is 0 Å². The molecule has 0 unspecified atom stereocenters. The van der Waals surface area contributed by atoms with E-state index in [4.69, 9.17) is 46.4 Å². The van der Waals surface area contributed by atoms with E-state index in [9.17, 15) is 19.2 Å². The Hall–Kier alpha value is -0.160. The van der Waals surface area contributed by atoms with Gasteiger partial charge in [-0.3, -0.25) is 19.2 Å². The van der Waals surface area contributed by atoms with Gasteiger partial charge in [0.15, 0.2) is 0 Å². The molecule has 0 atom stereocenters. The van der Waals surface area contributed by atoms with Crippen LogP contribution in [0.1, 0.15) is 77.0 Å². The highest BCUT2D eigenvalue weighted by Crippen LogP contribution is 2.10. The lowest BCUT2D eigenvalue weighted by Crippen LogP contribution is -1.89. The van der Waals surface area contributed by atoms with Crippen LogP contribution in [0.4, 0.5) is 0 Å². The molecule has 0 aromatic heterocycles. The molecule has 140 valence electrons. The minimum atomic E-state index is -0.359. The Bertz CT molecular complexity index is 350. The van der Waals surface area contributed by atoms with Crippen LogP contribution in [0, 0.1) is 0 Å². The Morgan fingerprint density at radius 1 is 0.375 bits per heavy atom. The van der Waals surface area contributed by atoms with E-state index in [0.717, 1.165) is 38.5 Å². The highest BCUT2D eigenvalue weighted by atomic mass is 35.5. The molecule has 4 nitrogen and oxygen atoms in total. The summed E-state index contributed by atoms with van der Waals surface area (Å²) in [5, 5.41) is -1.22. The maximum Gasteiger partial charge on any atom is 0.221 e. The molecule has 8 heteroatoms. The topological polar surface area (TPSA) is 68.3 Å². The van der Waals surface area contributed by atoms with Crippen molar-refractivity contribution in [3.8, 4) is 0 Å². The molecular formula is C16H24Cl4O4. The Morgan fingerprint density at radius 2 is 0.542 bits per heavy atom. The number of halogens is 4. The highest BCUT2D eigenvalue weighted by molar-refractivity contribution is 6.64. The van der Waals surface area contributed by atoms with Crippen molar-refractivity contribution in [2.45, 2.75) is 77.0 Å². The smallest absolute Gasteiger partial charge is 0.221 e. The summed E-state index contributed by atoms with van der Waals surface area (Å²) in [6, 6.07) is 0. The monoisotopic (exact) mass is 420 g/mol. The zero-order valence-electron chi connectivity index (χ0n) is 13.6. The number of unbranched alkanes of at least 4 members (excludes halogenated alkanes) is 6. The van der Waals surface area contributed by atoms with Gasteiger partial charge in [0.1, 0.15) is 0 Å². The van der Waals surface area contributed by atoms with Crippen molar-refractivity contribution in [3.05, 3.63) is 0 Å². The SMILES string of the molecule is O=C(Cl)CCCCC(=O)Cl.O=C(Cl)CCCCCCCCC(=O)Cl. The van der Waals surface area contributed by atoms with E-state index >= 15 is 0 Å². The summed E-state index contributed by atoms with van der Waals surface area (Å²) in [6.45, 7) is 0. The third-order valence-corrected chi connectivity index (χ3v) is 3.75. The highest BCUT2D eigenvalue weighted by Gasteiger charge is 1.99. The molecule has 0 aliphatic heterocycles. The lowest BCUT2D eigenvalue weighted by molar-refractivity contribution is -0.113. The standard InChI is InChI=1S/C10H16Cl2O2.C6H8Cl2O2/c11-9(13)7-5-3-1-2-4-6-8-10(12)14;7-5(9)3-1-2-4-6(8)10/h1-8H2;1-4H2. The lowest BCUT2D eigenvalue weighted by atomic mass is 10.1. The largest absolute Gasteiger partial charge is 0.281 e. The molecule has 0 heterocycles. The van der Waals surface area contributed by atoms with Gasteiger partial charge in [-0.05, 0) is 72.1 Å². The Labute approximate surface area is 163 Å². The summed E-state index contributed by atoms with van der Waals surface area (Å²) in [7, 11) is 0. The van der Waals surface area contributed by atoms with E-state index in [1.54, 1.807) is 0 Å². The molecule has 0 aliphatic carbocycles. The van der Waals surface area contributed by atoms with Gasteiger partial charge in [-0.25, -0.2) is 0 Å². The van der Waals surface area contributed by atoms with Gasteiger partial charge in [0.25, 0.3) is 0 Å². The molecule has 0 aliphatic rings. The molecular weight excluding hydrogens is 398 g/mol. The number of hydrogen-bond donors (Lipinski definition) is 0. The Kier molecular flexibility index (Phi) is 20.8.